The third-order valence-electron chi connectivity index (χ3n) is 5.06. The molecule has 1 amide bonds. The first-order valence-electron chi connectivity index (χ1n) is 8.05. The van der Waals surface area contributed by atoms with Crippen molar-refractivity contribution in [3.63, 3.8) is 0 Å². The van der Waals surface area contributed by atoms with Gasteiger partial charge in [-0.25, -0.2) is 0 Å². The Hall–Kier alpha value is -1.98. The van der Waals surface area contributed by atoms with Gasteiger partial charge in [-0.2, -0.15) is 0 Å². The van der Waals surface area contributed by atoms with Gasteiger partial charge in [-0.15, -0.1) is 0 Å². The van der Waals surface area contributed by atoms with Gasteiger partial charge < -0.3 is 14.8 Å². The zero-order chi connectivity index (χ0) is 15.8. The Kier molecular flexibility index (Phi) is 3.75. The first kappa shape index (κ1) is 14.6. The summed E-state index contributed by atoms with van der Waals surface area (Å²) in [6.45, 7) is 1.39. The van der Waals surface area contributed by atoms with Crippen LogP contribution >= 0.6 is 0 Å². The molecular formula is C18H20N2O3. The van der Waals surface area contributed by atoms with Gasteiger partial charge in [-0.3, -0.25) is 9.78 Å². The molecule has 1 aliphatic heterocycles. The van der Waals surface area contributed by atoms with Crippen molar-refractivity contribution in [2.75, 3.05) is 20.3 Å². The molecule has 1 saturated carbocycles. The fraction of sp³-hybridized carbons (Fsp3) is 0.444. The minimum absolute atomic E-state index is 0.0641. The van der Waals surface area contributed by atoms with E-state index in [1.54, 1.807) is 13.3 Å². The van der Waals surface area contributed by atoms with Crippen molar-refractivity contribution in [3.05, 3.63) is 42.1 Å². The summed E-state index contributed by atoms with van der Waals surface area (Å²) < 4.78 is 11.1. The molecule has 1 aromatic heterocycles. The van der Waals surface area contributed by atoms with Gasteiger partial charge in [-0.1, -0.05) is 18.2 Å². The van der Waals surface area contributed by atoms with Crippen molar-refractivity contribution in [1.82, 2.24) is 10.3 Å². The van der Waals surface area contributed by atoms with Crippen LogP contribution in [0.3, 0.4) is 0 Å². The molecule has 120 valence electrons. The van der Waals surface area contributed by atoms with Gasteiger partial charge >= 0.3 is 0 Å². The number of carbonyl (C=O) groups excluding carboxylic acids is 1. The van der Waals surface area contributed by atoms with Crippen LogP contribution in [0.2, 0.25) is 0 Å². The van der Waals surface area contributed by atoms with E-state index >= 15 is 0 Å². The predicted molar refractivity (Wildman–Crippen MR) is 86.2 cm³/mol. The third-order valence-corrected chi connectivity index (χ3v) is 5.06. The maximum absolute atomic E-state index is 12.8. The average molecular weight is 312 g/mol. The van der Waals surface area contributed by atoms with E-state index in [4.69, 9.17) is 9.47 Å². The number of aromatic nitrogens is 1. The molecule has 2 fully saturated rings. The van der Waals surface area contributed by atoms with E-state index in [0.717, 1.165) is 23.9 Å². The second kappa shape index (κ2) is 5.91. The first-order valence-corrected chi connectivity index (χ1v) is 8.05. The number of rotatable bonds is 4. The number of nitrogens with one attached hydrogen (secondary N) is 1. The van der Waals surface area contributed by atoms with Crippen molar-refractivity contribution < 1.29 is 14.3 Å². The third kappa shape index (κ3) is 2.40. The van der Waals surface area contributed by atoms with Crippen LogP contribution in [0.5, 0.6) is 0 Å². The molecule has 0 bridgehead atoms. The molecule has 5 heteroatoms. The van der Waals surface area contributed by atoms with Crippen LogP contribution in [-0.2, 0) is 9.47 Å². The second-order valence-electron chi connectivity index (χ2n) is 6.29. The highest BCUT2D eigenvalue weighted by molar-refractivity contribution is 6.05. The fourth-order valence-corrected chi connectivity index (χ4v) is 3.95. The van der Waals surface area contributed by atoms with E-state index < -0.39 is 0 Å². The Morgan fingerprint density at radius 2 is 2.26 bits per heavy atom. The Morgan fingerprint density at radius 1 is 1.39 bits per heavy atom. The topological polar surface area (TPSA) is 60.5 Å². The van der Waals surface area contributed by atoms with Gasteiger partial charge in [-0.05, 0) is 18.6 Å². The van der Waals surface area contributed by atoms with Gasteiger partial charge in [0.1, 0.15) is 0 Å². The second-order valence-corrected chi connectivity index (χ2v) is 6.29. The normalized spacial score (nSPS) is 29.1. The van der Waals surface area contributed by atoms with Crippen LogP contribution in [0.15, 0.2) is 36.5 Å². The van der Waals surface area contributed by atoms with Gasteiger partial charge in [0, 0.05) is 43.2 Å². The molecule has 2 aromatic rings. The number of hydrogen-bond donors (Lipinski definition) is 1. The molecule has 5 nitrogen and oxygen atoms in total. The van der Waals surface area contributed by atoms with E-state index in [-0.39, 0.29) is 24.0 Å². The molecule has 2 heterocycles. The Balaban J connectivity index is 1.57. The smallest absolute Gasteiger partial charge is 0.253 e. The molecule has 1 aromatic carbocycles. The van der Waals surface area contributed by atoms with Gasteiger partial charge in [0.15, 0.2) is 0 Å². The summed E-state index contributed by atoms with van der Waals surface area (Å²) in [7, 11) is 1.69. The van der Waals surface area contributed by atoms with E-state index in [2.05, 4.69) is 10.3 Å². The van der Waals surface area contributed by atoms with E-state index in [1.807, 2.05) is 30.3 Å². The average Bonchev–Trinajstić information content (AvgIpc) is 3.01. The highest BCUT2D eigenvalue weighted by atomic mass is 16.5. The van der Waals surface area contributed by atoms with Crippen LogP contribution in [-0.4, -0.2) is 43.4 Å². The van der Waals surface area contributed by atoms with Gasteiger partial charge in [0.25, 0.3) is 5.91 Å². The van der Waals surface area contributed by atoms with E-state index in [1.165, 1.54) is 0 Å². The number of carbonyl (C=O) groups is 1. The van der Waals surface area contributed by atoms with Crippen molar-refractivity contribution in [2.24, 2.45) is 11.8 Å². The summed E-state index contributed by atoms with van der Waals surface area (Å²) in [5.74, 6) is 0.576. The Morgan fingerprint density at radius 3 is 3.13 bits per heavy atom. The molecule has 1 aliphatic carbocycles. The minimum atomic E-state index is -0.0641. The molecule has 4 rings (SSSR count). The summed E-state index contributed by atoms with van der Waals surface area (Å²) in [6, 6.07) is 9.67. The summed E-state index contributed by atoms with van der Waals surface area (Å²) in [5, 5.41) is 4.17. The lowest BCUT2D eigenvalue weighted by Crippen LogP contribution is -2.62. The Bertz CT molecular complexity index is 728. The number of ether oxygens (including phenoxy) is 2. The number of amides is 1. The van der Waals surface area contributed by atoms with Crippen LogP contribution in [0.25, 0.3) is 10.9 Å². The fourth-order valence-electron chi connectivity index (χ4n) is 3.95. The molecule has 23 heavy (non-hydrogen) atoms. The molecule has 0 unspecified atom stereocenters. The highest BCUT2D eigenvalue weighted by Crippen LogP contribution is 2.43. The zero-order valence-corrected chi connectivity index (χ0v) is 13.1. The molecule has 0 radical (unpaired) electrons. The summed E-state index contributed by atoms with van der Waals surface area (Å²) in [6.07, 6.45) is 2.95. The number of fused-ring (bicyclic) bond motifs is 2. The van der Waals surface area contributed by atoms with Crippen molar-refractivity contribution in [1.29, 1.82) is 0 Å². The van der Waals surface area contributed by atoms with Crippen molar-refractivity contribution in [2.45, 2.75) is 18.6 Å². The summed E-state index contributed by atoms with van der Waals surface area (Å²) >= 11 is 0. The summed E-state index contributed by atoms with van der Waals surface area (Å²) in [5.41, 5.74) is 1.37. The Labute approximate surface area is 135 Å². The number of nitrogens with zero attached hydrogens (tertiary/aromatic N) is 1. The lowest BCUT2D eigenvalue weighted by Gasteiger charge is -2.47. The number of methoxy groups -OCH3 is 1. The van der Waals surface area contributed by atoms with Crippen LogP contribution in [0, 0.1) is 11.8 Å². The highest BCUT2D eigenvalue weighted by Gasteiger charge is 2.54. The number of pyridine rings is 1. The molecule has 4 atom stereocenters. The molecule has 0 spiro atoms. The molecule has 1 saturated heterocycles. The maximum atomic E-state index is 12.8. The van der Waals surface area contributed by atoms with Crippen LogP contribution in [0.1, 0.15) is 16.8 Å². The number of para-hydroxylation sites is 1. The van der Waals surface area contributed by atoms with Gasteiger partial charge in [0.2, 0.25) is 0 Å². The van der Waals surface area contributed by atoms with Crippen LogP contribution < -0.4 is 5.32 Å². The van der Waals surface area contributed by atoms with E-state index in [9.17, 15) is 4.79 Å². The van der Waals surface area contributed by atoms with Gasteiger partial charge in [0.05, 0.1) is 23.8 Å². The summed E-state index contributed by atoms with van der Waals surface area (Å²) in [4.78, 5) is 17.1. The lowest BCUT2D eigenvalue weighted by atomic mass is 9.67. The van der Waals surface area contributed by atoms with Crippen molar-refractivity contribution in [3.8, 4) is 0 Å². The largest absolute Gasteiger partial charge is 0.384 e. The quantitative estimate of drug-likeness (QED) is 0.938. The van der Waals surface area contributed by atoms with E-state index in [0.29, 0.717) is 18.1 Å². The van der Waals surface area contributed by atoms with Crippen LogP contribution in [0.4, 0.5) is 0 Å². The first-order chi connectivity index (χ1) is 11.3. The standard InChI is InChI=1S/C18H20N2O3/c1-22-10-14-16(12-7-9-23-17(12)14)20-18(21)13-6-2-4-11-5-3-8-19-15(11)13/h2-6,8,12,14,16-17H,7,9-10H2,1H3,(H,20,21)/t12-,14+,16+,17-/m0/s1. The van der Waals surface area contributed by atoms with Crippen molar-refractivity contribution >= 4 is 16.8 Å². The monoisotopic (exact) mass is 312 g/mol. The maximum Gasteiger partial charge on any atom is 0.253 e. The lowest BCUT2D eigenvalue weighted by molar-refractivity contribution is -0.0809. The molecular weight excluding hydrogens is 292 g/mol. The zero-order valence-electron chi connectivity index (χ0n) is 13.1. The molecule has 1 N–H and O–H groups in total. The minimum Gasteiger partial charge on any atom is -0.384 e. The molecule has 2 aliphatic rings. The predicted octanol–water partition coefficient (Wildman–Crippen LogP) is 2.01. The SMILES string of the molecule is COC[C@@H]1[C@H](NC(=O)c2cccc3cccnc23)[C@@H]2CCO[C@H]12. The number of hydrogen-bond acceptors (Lipinski definition) is 4. The number of benzene rings is 1.